The molecule has 0 spiro atoms. The van der Waals surface area contributed by atoms with Crippen molar-refractivity contribution in [3.63, 3.8) is 0 Å². The van der Waals surface area contributed by atoms with E-state index in [1.807, 2.05) is 0 Å². The number of amides is 1. The van der Waals surface area contributed by atoms with E-state index in [4.69, 9.17) is 11.8 Å². The molecule has 0 aromatic rings. The molecule has 0 saturated carbocycles. The highest BCUT2D eigenvalue weighted by Crippen LogP contribution is 1.93. The van der Waals surface area contributed by atoms with Gasteiger partial charge >= 0.3 is 0 Å². The van der Waals surface area contributed by atoms with Gasteiger partial charge in [-0.2, -0.15) is 0 Å². The Hall–Kier alpha value is -0.610. The van der Waals surface area contributed by atoms with Crippen molar-refractivity contribution in [1.82, 2.24) is 5.32 Å². The van der Waals surface area contributed by atoms with E-state index in [0.29, 0.717) is 13.2 Å². The predicted octanol–water partition coefficient (Wildman–Crippen LogP) is -0.813. The van der Waals surface area contributed by atoms with E-state index in [0.717, 1.165) is 0 Å². The van der Waals surface area contributed by atoms with Gasteiger partial charge in [0.2, 0.25) is 5.91 Å². The summed E-state index contributed by atoms with van der Waals surface area (Å²) in [6.07, 6.45) is 0. The van der Waals surface area contributed by atoms with Crippen LogP contribution in [0.15, 0.2) is 0 Å². The predicted molar refractivity (Wildman–Crippen MR) is 33.0 cm³/mol. The second-order valence-corrected chi connectivity index (χ2v) is 2.11. The first kappa shape index (κ1) is 7.50. The van der Waals surface area contributed by atoms with Crippen LogP contribution < -0.4 is 5.32 Å². The monoisotopic (exact) mass is 143 g/mol. The number of morpholine rings is 1. The molecule has 1 amide bonds. The normalized spacial score (nSPS) is 26.1. The van der Waals surface area contributed by atoms with E-state index in [-0.39, 0.29) is 18.6 Å². The second kappa shape index (κ2) is 3.53. The third-order valence-corrected chi connectivity index (χ3v) is 1.21. The van der Waals surface area contributed by atoms with Gasteiger partial charge in [0.05, 0.1) is 19.3 Å². The minimum absolute atomic E-state index is 0.0914. The molecule has 0 aliphatic carbocycles. The summed E-state index contributed by atoms with van der Waals surface area (Å²) >= 11 is 0. The van der Waals surface area contributed by atoms with E-state index in [1.165, 1.54) is 0 Å². The van der Waals surface area contributed by atoms with Crippen LogP contribution in [-0.2, 0) is 14.3 Å². The number of rotatable bonds is 2. The zero-order valence-corrected chi connectivity index (χ0v) is 5.50. The fraction of sp³-hybridized carbons (Fsp3) is 0.667. The van der Waals surface area contributed by atoms with Crippen molar-refractivity contribution in [2.45, 2.75) is 6.04 Å². The van der Waals surface area contributed by atoms with E-state index >= 15 is 0 Å². The highest BCUT2D eigenvalue weighted by molar-refractivity contribution is 5.78. The van der Waals surface area contributed by atoms with Gasteiger partial charge in [0, 0.05) is 0 Å². The lowest BCUT2D eigenvalue weighted by Gasteiger charge is -2.22. The Balaban J connectivity index is 2.25. The van der Waals surface area contributed by atoms with Gasteiger partial charge in [-0.15, -0.1) is 0 Å². The summed E-state index contributed by atoms with van der Waals surface area (Å²) in [6.45, 7) is 0.912. The standard InChI is InChI=1S/C6H9NO3/c1-9-2-5-3-10-4-6(8)7-5/h1,5H,2-4H2,(H,7,8). The minimum atomic E-state index is -0.117. The summed E-state index contributed by atoms with van der Waals surface area (Å²) in [5.74, 6) is -0.117. The summed E-state index contributed by atoms with van der Waals surface area (Å²) in [5.41, 5.74) is 0. The Kier molecular flexibility index (Phi) is 2.65. The first-order chi connectivity index (χ1) is 4.83. The molecule has 1 atom stereocenters. The smallest absolute Gasteiger partial charge is 0.246 e. The molecule has 1 aliphatic heterocycles. The molecule has 1 fully saturated rings. The van der Waals surface area contributed by atoms with Crippen LogP contribution in [0.3, 0.4) is 0 Å². The second-order valence-electron chi connectivity index (χ2n) is 2.11. The molecule has 4 heteroatoms. The number of carbonyl (C=O) groups is 1. The molecule has 56 valence electrons. The maximum absolute atomic E-state index is 10.6. The fourth-order valence-electron chi connectivity index (χ4n) is 0.811. The average Bonchev–Trinajstić information content (AvgIpc) is 1.88. The van der Waals surface area contributed by atoms with E-state index in [9.17, 15) is 4.79 Å². The highest BCUT2D eigenvalue weighted by Gasteiger charge is 2.17. The van der Waals surface area contributed by atoms with E-state index < -0.39 is 0 Å². The Morgan fingerprint density at radius 3 is 3.30 bits per heavy atom. The molecule has 10 heavy (non-hydrogen) atoms. The summed E-state index contributed by atoms with van der Waals surface area (Å²) in [7, 11) is 4.80. The summed E-state index contributed by atoms with van der Waals surface area (Å²) in [5, 5.41) is 2.65. The van der Waals surface area contributed by atoms with Gasteiger partial charge in [0.15, 0.2) is 0 Å². The zero-order chi connectivity index (χ0) is 7.40. The van der Waals surface area contributed by atoms with Gasteiger partial charge in [-0.3, -0.25) is 4.79 Å². The van der Waals surface area contributed by atoms with Gasteiger partial charge in [-0.05, 0) is 0 Å². The van der Waals surface area contributed by atoms with Crippen LogP contribution in [0.25, 0.3) is 0 Å². The van der Waals surface area contributed by atoms with Crippen LogP contribution in [0.2, 0.25) is 0 Å². The average molecular weight is 143 g/mol. The van der Waals surface area contributed by atoms with Crippen molar-refractivity contribution >= 4 is 5.91 Å². The third-order valence-electron chi connectivity index (χ3n) is 1.21. The van der Waals surface area contributed by atoms with E-state index in [2.05, 4.69) is 10.1 Å². The summed E-state index contributed by atoms with van der Waals surface area (Å²) in [4.78, 5) is 10.6. The first-order valence-electron chi connectivity index (χ1n) is 3.01. The lowest BCUT2D eigenvalue weighted by Crippen LogP contribution is -2.47. The molecule has 1 rings (SSSR count). The van der Waals surface area contributed by atoms with Gasteiger partial charge in [0.25, 0.3) is 0 Å². The van der Waals surface area contributed by atoms with Crippen molar-refractivity contribution < 1.29 is 14.3 Å². The van der Waals surface area contributed by atoms with Crippen LogP contribution in [0.4, 0.5) is 0 Å². The van der Waals surface area contributed by atoms with Crippen molar-refractivity contribution in [3.05, 3.63) is 7.11 Å². The zero-order valence-electron chi connectivity index (χ0n) is 5.50. The van der Waals surface area contributed by atoms with Gasteiger partial charge in [0.1, 0.15) is 13.7 Å². The van der Waals surface area contributed by atoms with Gasteiger partial charge < -0.3 is 14.8 Å². The highest BCUT2D eigenvalue weighted by atomic mass is 16.5. The largest absolute Gasteiger partial charge is 0.370 e. The van der Waals surface area contributed by atoms with Crippen LogP contribution in [0.1, 0.15) is 0 Å². The molecule has 4 nitrogen and oxygen atoms in total. The van der Waals surface area contributed by atoms with Gasteiger partial charge in [-0.25, -0.2) is 0 Å². The molecule has 0 bridgehead atoms. The lowest BCUT2D eigenvalue weighted by atomic mass is 10.3. The van der Waals surface area contributed by atoms with Crippen molar-refractivity contribution in [1.29, 1.82) is 0 Å². The number of hydrogen-bond acceptors (Lipinski definition) is 3. The third kappa shape index (κ3) is 1.97. The number of hydrogen-bond donors (Lipinski definition) is 1. The Labute approximate surface area is 59.5 Å². The molecule has 1 heterocycles. The Bertz CT molecular complexity index is 124. The van der Waals surface area contributed by atoms with Gasteiger partial charge in [-0.1, -0.05) is 0 Å². The van der Waals surface area contributed by atoms with Crippen LogP contribution in [-0.4, -0.2) is 31.8 Å². The number of ether oxygens (including phenoxy) is 2. The molecule has 2 radical (unpaired) electrons. The quantitative estimate of drug-likeness (QED) is 0.549. The topological polar surface area (TPSA) is 47.6 Å². The maximum Gasteiger partial charge on any atom is 0.246 e. The molecule has 1 unspecified atom stereocenters. The van der Waals surface area contributed by atoms with Crippen LogP contribution in [0, 0.1) is 7.11 Å². The number of carbonyl (C=O) groups excluding carboxylic acids is 1. The first-order valence-corrected chi connectivity index (χ1v) is 3.01. The summed E-state index contributed by atoms with van der Waals surface area (Å²) < 4.78 is 9.23. The Morgan fingerprint density at radius 2 is 2.70 bits per heavy atom. The molecular formula is C6H9NO3. The molecular weight excluding hydrogens is 134 g/mol. The molecule has 0 aromatic carbocycles. The van der Waals surface area contributed by atoms with Crippen LogP contribution >= 0.6 is 0 Å². The Morgan fingerprint density at radius 1 is 1.90 bits per heavy atom. The van der Waals surface area contributed by atoms with Crippen LogP contribution in [0.5, 0.6) is 0 Å². The molecule has 1 aliphatic rings. The van der Waals surface area contributed by atoms with Crippen molar-refractivity contribution in [3.8, 4) is 0 Å². The SMILES string of the molecule is [CH]OCC1COCC(=O)N1. The number of nitrogens with one attached hydrogen (secondary N) is 1. The van der Waals surface area contributed by atoms with Crippen molar-refractivity contribution in [2.75, 3.05) is 19.8 Å². The van der Waals surface area contributed by atoms with E-state index in [1.54, 1.807) is 0 Å². The molecule has 1 saturated heterocycles. The fourth-order valence-corrected chi connectivity index (χ4v) is 0.811. The lowest BCUT2D eigenvalue weighted by molar-refractivity contribution is -0.132. The summed E-state index contributed by atoms with van der Waals surface area (Å²) in [6, 6.07) is -0.0914. The minimum Gasteiger partial charge on any atom is -0.370 e. The molecule has 0 aromatic heterocycles. The molecule has 1 N–H and O–H groups in total. The van der Waals surface area contributed by atoms with Crippen molar-refractivity contribution in [2.24, 2.45) is 0 Å². The maximum atomic E-state index is 10.6.